The molecule has 3 aromatic rings. The van der Waals surface area contributed by atoms with E-state index in [1.807, 2.05) is 6.92 Å². The standard InChI is InChI=1S/C13H12FN5/c1-2-11-17-12(15)10-7-16-19(13(10)18-11)9-5-3-8(14)4-6-9/h3-7H,2H2,1H3,(H2,15,17,18). The lowest BCUT2D eigenvalue weighted by molar-refractivity contribution is 0.627. The van der Waals surface area contributed by atoms with Crippen molar-refractivity contribution in [1.29, 1.82) is 0 Å². The number of nitrogen functional groups attached to an aromatic ring is 1. The van der Waals surface area contributed by atoms with Gasteiger partial charge >= 0.3 is 0 Å². The number of rotatable bonds is 2. The Labute approximate surface area is 108 Å². The molecule has 2 heterocycles. The summed E-state index contributed by atoms with van der Waals surface area (Å²) in [6.07, 6.45) is 2.31. The first kappa shape index (κ1) is 11.6. The third kappa shape index (κ3) is 1.91. The molecule has 0 radical (unpaired) electrons. The maximum Gasteiger partial charge on any atom is 0.168 e. The lowest BCUT2D eigenvalue weighted by Gasteiger charge is -2.04. The topological polar surface area (TPSA) is 69.6 Å². The van der Waals surface area contributed by atoms with E-state index in [1.165, 1.54) is 12.1 Å². The van der Waals surface area contributed by atoms with Gasteiger partial charge in [0.2, 0.25) is 0 Å². The van der Waals surface area contributed by atoms with Gasteiger partial charge in [-0.3, -0.25) is 0 Å². The first-order valence-electron chi connectivity index (χ1n) is 5.95. The number of aryl methyl sites for hydroxylation is 1. The minimum absolute atomic E-state index is 0.288. The van der Waals surface area contributed by atoms with Crippen LogP contribution in [0.1, 0.15) is 12.7 Å². The molecule has 0 amide bonds. The quantitative estimate of drug-likeness (QED) is 0.763. The van der Waals surface area contributed by atoms with E-state index < -0.39 is 0 Å². The summed E-state index contributed by atoms with van der Waals surface area (Å²) in [5.41, 5.74) is 7.25. The Balaban J connectivity index is 2.24. The number of fused-ring (bicyclic) bond motifs is 1. The van der Waals surface area contributed by atoms with Crippen LogP contribution < -0.4 is 5.73 Å². The number of nitrogens with zero attached hydrogens (tertiary/aromatic N) is 4. The molecule has 3 rings (SSSR count). The Morgan fingerprint density at radius 1 is 1.21 bits per heavy atom. The molecule has 5 nitrogen and oxygen atoms in total. The van der Waals surface area contributed by atoms with Crippen molar-refractivity contribution in [2.45, 2.75) is 13.3 Å². The van der Waals surface area contributed by atoms with Crippen LogP contribution >= 0.6 is 0 Å². The Kier molecular flexibility index (Phi) is 2.63. The van der Waals surface area contributed by atoms with E-state index in [2.05, 4.69) is 15.1 Å². The number of hydrogen-bond donors (Lipinski definition) is 1. The van der Waals surface area contributed by atoms with Crippen LogP contribution in [0, 0.1) is 5.82 Å². The molecule has 0 aliphatic carbocycles. The van der Waals surface area contributed by atoms with Gasteiger partial charge < -0.3 is 5.73 Å². The number of aromatic nitrogens is 4. The van der Waals surface area contributed by atoms with Crippen molar-refractivity contribution in [3.8, 4) is 5.69 Å². The molecule has 2 N–H and O–H groups in total. The lowest BCUT2D eigenvalue weighted by atomic mass is 10.3. The summed E-state index contributed by atoms with van der Waals surface area (Å²) in [5, 5.41) is 4.94. The summed E-state index contributed by atoms with van der Waals surface area (Å²) in [4.78, 5) is 8.62. The van der Waals surface area contributed by atoms with Crippen LogP contribution in [0.25, 0.3) is 16.7 Å². The Morgan fingerprint density at radius 2 is 1.95 bits per heavy atom. The number of halogens is 1. The number of benzene rings is 1. The largest absolute Gasteiger partial charge is 0.383 e. The molecule has 0 aliphatic rings. The number of hydrogen-bond acceptors (Lipinski definition) is 4. The van der Waals surface area contributed by atoms with Crippen LogP contribution in [0.15, 0.2) is 30.5 Å². The Morgan fingerprint density at radius 3 is 2.63 bits per heavy atom. The molecular formula is C13H12FN5. The highest BCUT2D eigenvalue weighted by atomic mass is 19.1. The van der Waals surface area contributed by atoms with Gasteiger partial charge in [-0.2, -0.15) is 5.10 Å². The summed E-state index contributed by atoms with van der Waals surface area (Å²) < 4.78 is 14.6. The lowest BCUT2D eigenvalue weighted by Crippen LogP contribution is -2.03. The fourth-order valence-electron chi connectivity index (χ4n) is 1.91. The van der Waals surface area contributed by atoms with Gasteiger partial charge in [0.1, 0.15) is 17.5 Å². The molecule has 0 atom stereocenters. The maximum atomic E-state index is 12.9. The fourth-order valence-corrected chi connectivity index (χ4v) is 1.91. The SMILES string of the molecule is CCc1nc(N)c2cnn(-c3ccc(F)cc3)c2n1. The molecule has 0 unspecified atom stereocenters. The van der Waals surface area contributed by atoms with E-state index >= 15 is 0 Å². The van der Waals surface area contributed by atoms with Crippen LogP contribution in [0.5, 0.6) is 0 Å². The van der Waals surface area contributed by atoms with Crippen LogP contribution in [-0.2, 0) is 6.42 Å². The van der Waals surface area contributed by atoms with E-state index in [-0.39, 0.29) is 5.82 Å². The smallest absolute Gasteiger partial charge is 0.168 e. The minimum atomic E-state index is -0.288. The molecule has 0 bridgehead atoms. The van der Waals surface area contributed by atoms with Crippen LogP contribution in [0.3, 0.4) is 0 Å². The zero-order chi connectivity index (χ0) is 13.4. The summed E-state index contributed by atoms with van der Waals surface area (Å²) in [6, 6.07) is 6.06. The van der Waals surface area contributed by atoms with Crippen molar-refractivity contribution >= 4 is 16.9 Å². The molecule has 0 aliphatic heterocycles. The summed E-state index contributed by atoms with van der Waals surface area (Å²) in [5.74, 6) is 0.785. The first-order valence-corrected chi connectivity index (χ1v) is 5.95. The molecular weight excluding hydrogens is 245 g/mol. The zero-order valence-corrected chi connectivity index (χ0v) is 10.3. The van der Waals surface area contributed by atoms with Gasteiger partial charge in [-0.1, -0.05) is 6.92 Å². The van der Waals surface area contributed by atoms with E-state index in [9.17, 15) is 4.39 Å². The van der Waals surface area contributed by atoms with Crippen LogP contribution in [0.4, 0.5) is 10.2 Å². The van der Waals surface area contributed by atoms with E-state index in [0.717, 1.165) is 5.69 Å². The van der Waals surface area contributed by atoms with Gasteiger partial charge in [-0.05, 0) is 24.3 Å². The second-order valence-electron chi connectivity index (χ2n) is 4.15. The van der Waals surface area contributed by atoms with Gasteiger partial charge in [0.15, 0.2) is 5.65 Å². The summed E-state index contributed by atoms with van der Waals surface area (Å²) >= 11 is 0. The second-order valence-corrected chi connectivity index (χ2v) is 4.15. The minimum Gasteiger partial charge on any atom is -0.383 e. The van der Waals surface area contributed by atoms with Crippen molar-refractivity contribution < 1.29 is 4.39 Å². The molecule has 19 heavy (non-hydrogen) atoms. The van der Waals surface area contributed by atoms with Crippen molar-refractivity contribution in [3.63, 3.8) is 0 Å². The maximum absolute atomic E-state index is 12.9. The van der Waals surface area contributed by atoms with Gasteiger partial charge in [0, 0.05) is 6.42 Å². The van der Waals surface area contributed by atoms with Gasteiger partial charge in [0.25, 0.3) is 0 Å². The van der Waals surface area contributed by atoms with Gasteiger partial charge in [-0.15, -0.1) is 0 Å². The number of nitrogens with two attached hydrogens (primary N) is 1. The average molecular weight is 257 g/mol. The molecule has 0 saturated heterocycles. The molecule has 1 aromatic carbocycles. The zero-order valence-electron chi connectivity index (χ0n) is 10.3. The number of anilines is 1. The van der Waals surface area contributed by atoms with Crippen molar-refractivity contribution in [2.75, 3.05) is 5.73 Å². The molecule has 2 aromatic heterocycles. The van der Waals surface area contributed by atoms with Crippen LogP contribution in [0.2, 0.25) is 0 Å². The summed E-state index contributed by atoms with van der Waals surface area (Å²) in [7, 11) is 0. The summed E-state index contributed by atoms with van der Waals surface area (Å²) in [6.45, 7) is 1.96. The third-order valence-electron chi connectivity index (χ3n) is 2.89. The van der Waals surface area contributed by atoms with Gasteiger partial charge in [0.05, 0.1) is 17.3 Å². The van der Waals surface area contributed by atoms with Crippen molar-refractivity contribution in [1.82, 2.24) is 19.7 Å². The van der Waals surface area contributed by atoms with E-state index in [0.29, 0.717) is 29.1 Å². The Bertz CT molecular complexity index is 733. The fraction of sp³-hybridized carbons (Fsp3) is 0.154. The van der Waals surface area contributed by atoms with E-state index in [4.69, 9.17) is 5.73 Å². The molecule has 6 heteroatoms. The molecule has 0 spiro atoms. The molecule has 0 fully saturated rings. The molecule has 0 saturated carbocycles. The van der Waals surface area contributed by atoms with Crippen molar-refractivity contribution in [3.05, 3.63) is 42.1 Å². The van der Waals surface area contributed by atoms with Crippen molar-refractivity contribution in [2.24, 2.45) is 0 Å². The normalized spacial score (nSPS) is 11.1. The average Bonchev–Trinajstić information content (AvgIpc) is 2.84. The predicted octanol–water partition coefficient (Wildman–Crippen LogP) is 2.10. The highest BCUT2D eigenvalue weighted by Gasteiger charge is 2.11. The third-order valence-corrected chi connectivity index (χ3v) is 2.89. The van der Waals surface area contributed by atoms with Gasteiger partial charge in [-0.25, -0.2) is 19.0 Å². The van der Waals surface area contributed by atoms with Crippen LogP contribution in [-0.4, -0.2) is 19.7 Å². The first-order chi connectivity index (χ1) is 9.19. The predicted molar refractivity (Wildman–Crippen MR) is 70.4 cm³/mol. The highest BCUT2D eigenvalue weighted by molar-refractivity contribution is 5.86. The monoisotopic (exact) mass is 257 g/mol. The highest BCUT2D eigenvalue weighted by Crippen LogP contribution is 2.20. The molecule has 96 valence electrons. The Hall–Kier alpha value is -2.50. The van der Waals surface area contributed by atoms with E-state index in [1.54, 1.807) is 23.0 Å². The second kappa shape index (κ2) is 4.31.